The van der Waals surface area contributed by atoms with E-state index in [0.717, 1.165) is 11.1 Å². The molecule has 3 rings (SSSR count). The van der Waals surface area contributed by atoms with Gasteiger partial charge in [-0.15, -0.1) is 0 Å². The van der Waals surface area contributed by atoms with Gasteiger partial charge in [0.1, 0.15) is 11.5 Å². The Morgan fingerprint density at radius 3 is 2.46 bits per heavy atom. The molecule has 0 heterocycles. The van der Waals surface area contributed by atoms with Crippen LogP contribution in [0.2, 0.25) is 0 Å². The number of nitriles is 1. The Morgan fingerprint density at radius 1 is 1.13 bits per heavy atom. The highest BCUT2D eigenvalue weighted by atomic mass is 16.5. The van der Waals surface area contributed by atoms with Crippen molar-refractivity contribution >= 4 is 11.9 Å². The van der Waals surface area contributed by atoms with Crippen molar-refractivity contribution < 1.29 is 28.9 Å². The van der Waals surface area contributed by atoms with Crippen molar-refractivity contribution in [2.24, 2.45) is 5.92 Å². The number of benzene rings is 2. The number of carbonyl (C=O) groups is 2. The Hall–Kier alpha value is -4.09. The third kappa shape index (κ3) is 8.72. The van der Waals surface area contributed by atoms with Crippen LogP contribution in [0.15, 0.2) is 60.2 Å². The van der Waals surface area contributed by atoms with Crippen LogP contribution in [0.1, 0.15) is 66.2 Å². The summed E-state index contributed by atoms with van der Waals surface area (Å²) in [5.74, 6) is 0.312. The van der Waals surface area contributed by atoms with Crippen LogP contribution in [0.5, 0.6) is 11.5 Å². The van der Waals surface area contributed by atoms with E-state index in [1.165, 1.54) is 0 Å². The normalized spacial score (nSPS) is 15.3. The van der Waals surface area contributed by atoms with Crippen molar-refractivity contribution in [2.45, 2.75) is 58.3 Å². The van der Waals surface area contributed by atoms with Crippen molar-refractivity contribution in [1.82, 2.24) is 5.32 Å². The van der Waals surface area contributed by atoms with Crippen LogP contribution in [0, 0.1) is 17.2 Å². The van der Waals surface area contributed by atoms with Gasteiger partial charge in [-0.05, 0) is 59.7 Å². The van der Waals surface area contributed by atoms with E-state index in [1.807, 2.05) is 30.4 Å². The number of nitrogens with one attached hydrogen (secondary N) is 1. The van der Waals surface area contributed by atoms with Crippen molar-refractivity contribution in [3.63, 3.8) is 0 Å². The molecule has 0 saturated carbocycles. The van der Waals surface area contributed by atoms with E-state index in [2.05, 4.69) is 25.2 Å². The summed E-state index contributed by atoms with van der Waals surface area (Å²) in [6.07, 6.45) is 6.56. The number of carboxylic acid groups (broad SMARTS) is 1. The largest absolute Gasteiger partial charge is 0.497 e. The minimum atomic E-state index is -0.930. The van der Waals surface area contributed by atoms with E-state index >= 15 is 0 Å². The van der Waals surface area contributed by atoms with E-state index in [9.17, 15) is 20.0 Å². The Bertz CT molecular complexity index is 1250. The van der Waals surface area contributed by atoms with Gasteiger partial charge in [0.15, 0.2) is 0 Å². The molecule has 1 aliphatic rings. The van der Waals surface area contributed by atoms with Gasteiger partial charge in [0.2, 0.25) is 0 Å². The van der Waals surface area contributed by atoms with Gasteiger partial charge in [0, 0.05) is 30.0 Å². The lowest BCUT2D eigenvalue weighted by Crippen LogP contribution is -2.30. The highest BCUT2D eigenvalue weighted by molar-refractivity contribution is 5.96. The summed E-state index contributed by atoms with van der Waals surface area (Å²) in [5, 5.41) is 21.6. The molecule has 39 heavy (non-hydrogen) atoms. The minimum absolute atomic E-state index is 0.0885. The molecular formula is C31H36N2O6. The second-order valence-corrected chi connectivity index (χ2v) is 9.93. The number of carbonyl (C=O) groups excluding carboxylic acids is 1. The second-order valence-electron chi connectivity index (χ2n) is 9.93. The van der Waals surface area contributed by atoms with Crippen LogP contribution < -0.4 is 14.8 Å². The molecule has 0 saturated heterocycles. The number of amides is 1. The molecule has 2 atom stereocenters. The molecule has 0 aliphatic heterocycles. The first-order valence-electron chi connectivity index (χ1n) is 13.0. The molecule has 1 aliphatic carbocycles. The molecule has 2 aromatic rings. The Balaban J connectivity index is 1.87. The smallest absolute Gasteiger partial charge is 0.303 e. The van der Waals surface area contributed by atoms with Crippen LogP contribution in [-0.2, 0) is 22.6 Å². The maximum atomic E-state index is 13.7. The van der Waals surface area contributed by atoms with Crippen LogP contribution >= 0.6 is 0 Å². The topological polar surface area (TPSA) is 118 Å². The minimum Gasteiger partial charge on any atom is -0.497 e. The number of carboxylic acids is 1. The molecule has 0 aromatic heterocycles. The molecule has 1 amide bonds. The van der Waals surface area contributed by atoms with Gasteiger partial charge in [0.25, 0.3) is 5.91 Å². The third-order valence-corrected chi connectivity index (χ3v) is 6.47. The number of ether oxygens (including phenoxy) is 3. The van der Waals surface area contributed by atoms with Crippen LogP contribution in [0.4, 0.5) is 0 Å². The molecule has 2 aromatic carbocycles. The lowest BCUT2D eigenvalue weighted by molar-refractivity contribution is -0.136. The molecule has 206 valence electrons. The maximum absolute atomic E-state index is 13.7. The van der Waals surface area contributed by atoms with Crippen LogP contribution in [-0.4, -0.2) is 37.3 Å². The van der Waals surface area contributed by atoms with E-state index in [0.29, 0.717) is 41.0 Å². The summed E-state index contributed by atoms with van der Waals surface area (Å²) in [5.41, 5.74) is 3.35. The number of hydrogen-bond acceptors (Lipinski definition) is 6. The lowest BCUT2D eigenvalue weighted by Gasteiger charge is -2.23. The number of allylic oxidation sites excluding steroid dienone is 2. The number of nitrogens with zero attached hydrogens (tertiary/aromatic N) is 1. The highest BCUT2D eigenvalue weighted by Crippen LogP contribution is 2.30. The fourth-order valence-electron chi connectivity index (χ4n) is 4.45. The average molecular weight is 533 g/mol. The first-order valence-corrected chi connectivity index (χ1v) is 13.0. The van der Waals surface area contributed by atoms with Gasteiger partial charge in [0.05, 0.1) is 39.0 Å². The lowest BCUT2D eigenvalue weighted by atomic mass is 9.95. The van der Waals surface area contributed by atoms with Crippen LogP contribution in [0.3, 0.4) is 0 Å². The highest BCUT2D eigenvalue weighted by Gasteiger charge is 2.22. The fraction of sp³-hybridized carbons (Fsp3) is 0.387. The van der Waals surface area contributed by atoms with Gasteiger partial charge in [-0.2, -0.15) is 5.26 Å². The molecule has 2 unspecified atom stereocenters. The first kappa shape index (κ1) is 29.5. The van der Waals surface area contributed by atoms with Crippen molar-refractivity contribution in [1.29, 1.82) is 5.26 Å². The summed E-state index contributed by atoms with van der Waals surface area (Å²) >= 11 is 0. The summed E-state index contributed by atoms with van der Waals surface area (Å²) in [6.45, 7) is 4.41. The molecule has 8 heteroatoms. The van der Waals surface area contributed by atoms with Gasteiger partial charge in [-0.3, -0.25) is 9.59 Å². The summed E-state index contributed by atoms with van der Waals surface area (Å²) in [7, 11) is 3.16. The van der Waals surface area contributed by atoms with Crippen molar-refractivity contribution in [2.75, 3.05) is 14.2 Å². The molecule has 2 N–H and O–H groups in total. The Morgan fingerprint density at radius 2 is 1.85 bits per heavy atom. The Kier molecular flexibility index (Phi) is 10.7. The monoisotopic (exact) mass is 532 g/mol. The fourth-order valence-corrected chi connectivity index (χ4v) is 4.45. The van der Waals surface area contributed by atoms with Gasteiger partial charge in [-0.25, -0.2) is 0 Å². The third-order valence-electron chi connectivity index (χ3n) is 6.47. The quantitative estimate of drug-likeness (QED) is 0.348. The zero-order valence-corrected chi connectivity index (χ0v) is 22.9. The van der Waals surface area contributed by atoms with E-state index in [1.54, 1.807) is 38.5 Å². The predicted octanol–water partition coefficient (Wildman–Crippen LogP) is 5.53. The second kappa shape index (κ2) is 14.2. The van der Waals surface area contributed by atoms with E-state index in [-0.39, 0.29) is 43.4 Å². The Labute approximate surface area is 229 Å². The number of aliphatic carboxylic acids is 1. The van der Waals surface area contributed by atoms with Gasteiger partial charge in [-0.1, -0.05) is 38.1 Å². The maximum Gasteiger partial charge on any atom is 0.303 e. The number of aryl methyl sites for hydroxylation is 1. The molecule has 0 spiro atoms. The summed E-state index contributed by atoms with van der Waals surface area (Å²) < 4.78 is 16.9. The van der Waals surface area contributed by atoms with Crippen molar-refractivity contribution in [3.8, 4) is 17.6 Å². The molecule has 0 radical (unpaired) electrons. The van der Waals surface area contributed by atoms with E-state index < -0.39 is 5.97 Å². The molecule has 0 fully saturated rings. The SMILES string of the molecule is COc1cc(OC)cc(C(CC(C)C)NC(=O)c2cc(COC3C=CC=C(C#N)C3)ccc2CCC(=O)O)c1. The average Bonchev–Trinajstić information content (AvgIpc) is 2.94. The molecular weight excluding hydrogens is 496 g/mol. The van der Waals surface area contributed by atoms with Crippen molar-refractivity contribution in [3.05, 3.63) is 82.5 Å². The van der Waals surface area contributed by atoms with Gasteiger partial charge < -0.3 is 24.6 Å². The number of hydrogen-bond donors (Lipinski definition) is 2. The summed E-state index contributed by atoms with van der Waals surface area (Å²) in [6, 6.07) is 12.8. The zero-order chi connectivity index (χ0) is 28.4. The first-order chi connectivity index (χ1) is 18.7. The number of rotatable bonds is 13. The van der Waals surface area contributed by atoms with E-state index in [4.69, 9.17) is 14.2 Å². The molecule has 0 bridgehead atoms. The number of methoxy groups -OCH3 is 2. The zero-order valence-electron chi connectivity index (χ0n) is 22.9. The van der Waals surface area contributed by atoms with Crippen LogP contribution in [0.25, 0.3) is 0 Å². The molecule has 8 nitrogen and oxygen atoms in total. The van der Waals surface area contributed by atoms with Gasteiger partial charge >= 0.3 is 5.97 Å². The summed E-state index contributed by atoms with van der Waals surface area (Å²) in [4.78, 5) is 25.0. The predicted molar refractivity (Wildman–Crippen MR) is 148 cm³/mol. The standard InChI is InChI=1S/C31H36N2O6/c1-20(2)12-29(24-15-26(37-3)17-27(16-24)38-4)33-31(36)28-14-22(8-9-23(28)10-11-30(34)35)19-39-25-7-5-6-21(13-25)18-32/h5-9,14-17,20,25,29H,10-13,19H2,1-4H3,(H,33,36)(H,34,35).